The average molecular weight is 259 g/mol. The number of rotatable bonds is 4. The largest absolute Gasteiger partial charge is 0.0622 e. The van der Waals surface area contributed by atoms with Crippen LogP contribution in [0.3, 0.4) is 0 Å². The van der Waals surface area contributed by atoms with Gasteiger partial charge in [0.05, 0.1) is 0 Å². The molecule has 0 saturated carbocycles. The van der Waals surface area contributed by atoms with E-state index in [1.165, 1.54) is 21.9 Å². The Balaban J connectivity index is 2.15. The molecule has 0 aliphatic heterocycles. The van der Waals surface area contributed by atoms with E-state index in [1.54, 1.807) is 0 Å². The lowest BCUT2D eigenvalue weighted by Gasteiger charge is -2.19. The van der Waals surface area contributed by atoms with Crippen molar-refractivity contribution in [1.29, 1.82) is 0 Å². The van der Waals surface area contributed by atoms with E-state index >= 15 is 0 Å². The molecule has 0 N–H and O–H groups in total. The van der Waals surface area contributed by atoms with E-state index in [1.807, 2.05) is 0 Å². The van der Waals surface area contributed by atoms with E-state index < -0.39 is 0 Å². The normalized spacial score (nSPS) is 12.4. The molecule has 3 aromatic rings. The summed E-state index contributed by atoms with van der Waals surface area (Å²) in [5, 5.41) is 2.67. The molecule has 20 heavy (non-hydrogen) atoms. The molecule has 0 aromatic heterocycles. The van der Waals surface area contributed by atoms with Crippen molar-refractivity contribution in [2.24, 2.45) is 0 Å². The first-order valence-corrected chi connectivity index (χ1v) is 7.22. The fourth-order valence-corrected chi connectivity index (χ4v) is 2.95. The Morgan fingerprint density at radius 1 is 0.750 bits per heavy atom. The topological polar surface area (TPSA) is 0 Å². The predicted octanol–water partition coefficient (Wildman–Crippen LogP) is 5.59. The highest BCUT2D eigenvalue weighted by atomic mass is 14.2. The van der Waals surface area contributed by atoms with Gasteiger partial charge in [-0.25, -0.2) is 0 Å². The van der Waals surface area contributed by atoms with Gasteiger partial charge in [0.2, 0.25) is 0 Å². The van der Waals surface area contributed by atoms with Crippen LogP contribution < -0.4 is 0 Å². The molecule has 1 atom stereocenters. The Kier molecular flexibility index (Phi) is 3.83. The van der Waals surface area contributed by atoms with Crippen molar-refractivity contribution in [3.8, 4) is 0 Å². The number of hydrogen-bond donors (Lipinski definition) is 0. The van der Waals surface area contributed by atoms with Gasteiger partial charge in [0.25, 0.3) is 0 Å². The molecule has 0 nitrogen and oxygen atoms in total. The van der Waals surface area contributed by atoms with E-state index in [-0.39, 0.29) is 0 Å². The first-order chi connectivity index (χ1) is 9.90. The van der Waals surface area contributed by atoms with Gasteiger partial charge in [-0.05, 0) is 28.3 Å². The second-order valence-electron chi connectivity index (χ2n) is 5.17. The molecule has 99 valence electrons. The van der Waals surface area contributed by atoms with E-state index in [2.05, 4.69) is 79.7 Å². The van der Waals surface area contributed by atoms with E-state index in [0.717, 1.165) is 12.8 Å². The molecule has 0 bridgehead atoms. The van der Waals surface area contributed by atoms with Crippen molar-refractivity contribution in [3.63, 3.8) is 0 Å². The lowest BCUT2D eigenvalue weighted by Crippen LogP contribution is -2.01. The maximum atomic E-state index is 4.06. The van der Waals surface area contributed by atoms with E-state index in [0.29, 0.717) is 5.92 Å². The van der Waals surface area contributed by atoms with Crippen LogP contribution in [0.2, 0.25) is 0 Å². The molecule has 0 spiro atoms. The van der Waals surface area contributed by atoms with Gasteiger partial charge in [-0.15, -0.1) is 0 Å². The van der Waals surface area contributed by atoms with Gasteiger partial charge in [-0.3, -0.25) is 0 Å². The maximum Gasteiger partial charge on any atom is 0.00954 e. The third-order valence-electron chi connectivity index (χ3n) is 3.89. The van der Waals surface area contributed by atoms with Crippen LogP contribution in [0.4, 0.5) is 0 Å². The van der Waals surface area contributed by atoms with Crippen LogP contribution in [-0.2, 0) is 0 Å². The van der Waals surface area contributed by atoms with Crippen LogP contribution in [-0.4, -0.2) is 0 Å². The summed E-state index contributed by atoms with van der Waals surface area (Å²) < 4.78 is 0. The second-order valence-corrected chi connectivity index (χ2v) is 5.17. The standard InChI is InChI=1S/C20H19/c1-2-9-18(16-10-4-3-5-11-16)20-15-8-13-17-12-6-7-14-19(17)20/h3-8,10-15,18H,1-2,9H2. The van der Waals surface area contributed by atoms with Gasteiger partial charge in [0, 0.05) is 5.92 Å². The van der Waals surface area contributed by atoms with E-state index in [9.17, 15) is 0 Å². The summed E-state index contributed by atoms with van der Waals surface area (Å²) >= 11 is 0. The van der Waals surface area contributed by atoms with Crippen LogP contribution in [0.25, 0.3) is 10.8 Å². The highest BCUT2D eigenvalue weighted by Gasteiger charge is 2.15. The summed E-state index contributed by atoms with van der Waals surface area (Å²) in [6, 6.07) is 26.0. The minimum Gasteiger partial charge on any atom is -0.0622 e. The minimum atomic E-state index is 0.430. The predicted molar refractivity (Wildman–Crippen MR) is 86.8 cm³/mol. The summed E-state index contributed by atoms with van der Waals surface area (Å²) in [7, 11) is 0. The highest BCUT2D eigenvalue weighted by Crippen LogP contribution is 2.33. The van der Waals surface area contributed by atoms with Crippen LogP contribution in [0.1, 0.15) is 29.9 Å². The van der Waals surface area contributed by atoms with Crippen molar-refractivity contribution in [2.45, 2.75) is 18.8 Å². The Morgan fingerprint density at radius 2 is 1.45 bits per heavy atom. The van der Waals surface area contributed by atoms with Crippen molar-refractivity contribution >= 4 is 10.8 Å². The first-order valence-electron chi connectivity index (χ1n) is 7.22. The quantitative estimate of drug-likeness (QED) is 0.573. The first kappa shape index (κ1) is 12.9. The molecular formula is C20H19. The van der Waals surface area contributed by atoms with Gasteiger partial charge in [-0.2, -0.15) is 0 Å². The van der Waals surface area contributed by atoms with Crippen LogP contribution in [0.5, 0.6) is 0 Å². The fourth-order valence-electron chi connectivity index (χ4n) is 2.95. The van der Waals surface area contributed by atoms with Gasteiger partial charge in [0.1, 0.15) is 0 Å². The summed E-state index contributed by atoms with van der Waals surface area (Å²) in [5.74, 6) is 0.430. The number of hydrogen-bond acceptors (Lipinski definition) is 0. The molecule has 0 heterocycles. The van der Waals surface area contributed by atoms with Gasteiger partial charge in [-0.1, -0.05) is 86.1 Å². The molecule has 3 aromatic carbocycles. The van der Waals surface area contributed by atoms with Crippen molar-refractivity contribution in [3.05, 3.63) is 90.8 Å². The van der Waals surface area contributed by atoms with Gasteiger partial charge < -0.3 is 0 Å². The molecular weight excluding hydrogens is 240 g/mol. The lowest BCUT2D eigenvalue weighted by atomic mass is 9.85. The van der Waals surface area contributed by atoms with Crippen LogP contribution >= 0.6 is 0 Å². The molecule has 0 heteroatoms. The molecule has 0 aliphatic carbocycles. The number of benzene rings is 3. The summed E-state index contributed by atoms with van der Waals surface area (Å²) in [4.78, 5) is 0. The smallest absolute Gasteiger partial charge is 0.00954 e. The Hall–Kier alpha value is -2.08. The summed E-state index contributed by atoms with van der Waals surface area (Å²) in [5.41, 5.74) is 2.80. The monoisotopic (exact) mass is 259 g/mol. The lowest BCUT2D eigenvalue weighted by molar-refractivity contribution is 0.732. The third-order valence-corrected chi connectivity index (χ3v) is 3.89. The molecule has 0 aliphatic rings. The third kappa shape index (κ3) is 2.46. The second kappa shape index (κ2) is 5.92. The SMILES string of the molecule is [CH2]CCC(c1ccccc1)c1cccc2ccccc12. The molecule has 0 saturated heterocycles. The molecule has 1 radical (unpaired) electrons. The summed E-state index contributed by atoms with van der Waals surface area (Å²) in [6.07, 6.45) is 2.03. The summed E-state index contributed by atoms with van der Waals surface area (Å²) in [6.45, 7) is 4.06. The zero-order valence-corrected chi connectivity index (χ0v) is 11.6. The Bertz CT molecular complexity index is 677. The highest BCUT2D eigenvalue weighted by molar-refractivity contribution is 5.86. The Morgan fingerprint density at radius 3 is 2.25 bits per heavy atom. The minimum absolute atomic E-state index is 0.430. The molecule has 3 rings (SSSR count). The van der Waals surface area contributed by atoms with Gasteiger partial charge >= 0.3 is 0 Å². The number of fused-ring (bicyclic) bond motifs is 1. The van der Waals surface area contributed by atoms with E-state index in [4.69, 9.17) is 0 Å². The molecule has 0 fully saturated rings. The van der Waals surface area contributed by atoms with Crippen molar-refractivity contribution < 1.29 is 0 Å². The average Bonchev–Trinajstić information content (AvgIpc) is 2.53. The van der Waals surface area contributed by atoms with Crippen molar-refractivity contribution in [1.82, 2.24) is 0 Å². The molecule has 1 unspecified atom stereocenters. The fraction of sp³-hybridized carbons (Fsp3) is 0.150. The Labute approximate surface area is 121 Å². The molecule has 0 amide bonds. The maximum absolute atomic E-state index is 4.06. The van der Waals surface area contributed by atoms with Gasteiger partial charge in [0.15, 0.2) is 0 Å². The van der Waals surface area contributed by atoms with Crippen molar-refractivity contribution in [2.75, 3.05) is 0 Å². The van der Waals surface area contributed by atoms with Crippen LogP contribution in [0.15, 0.2) is 72.8 Å². The van der Waals surface area contributed by atoms with Crippen LogP contribution in [0, 0.1) is 6.92 Å². The zero-order valence-electron chi connectivity index (χ0n) is 11.6. The zero-order chi connectivity index (χ0) is 13.8.